The number of guanidine groups is 1. The van der Waals surface area contributed by atoms with E-state index in [4.69, 9.17) is 4.74 Å². The smallest absolute Gasteiger partial charge is 0.310 e. The van der Waals surface area contributed by atoms with Crippen molar-refractivity contribution in [3.05, 3.63) is 0 Å². The zero-order valence-corrected chi connectivity index (χ0v) is 12.9. The first-order valence-corrected chi connectivity index (χ1v) is 7.64. The number of esters is 1. The lowest BCUT2D eigenvalue weighted by Crippen LogP contribution is -2.43. The molecule has 1 N–H and O–H groups in total. The van der Waals surface area contributed by atoms with Gasteiger partial charge in [-0.15, -0.1) is 0 Å². The first kappa shape index (κ1) is 15.1. The van der Waals surface area contributed by atoms with Gasteiger partial charge in [-0.3, -0.25) is 9.79 Å². The number of rotatable bonds is 3. The van der Waals surface area contributed by atoms with Crippen LogP contribution in [0.25, 0.3) is 0 Å². The highest BCUT2D eigenvalue weighted by Gasteiger charge is 2.41. The second kappa shape index (κ2) is 6.46. The van der Waals surface area contributed by atoms with Crippen molar-refractivity contribution < 1.29 is 9.53 Å². The molecule has 1 atom stereocenters. The SMILES string of the molecule is CN=C(NCC(C)C(=O)OC)N1CCC2(CCCC2)C1. The molecule has 1 heterocycles. The molecule has 1 aliphatic carbocycles. The van der Waals surface area contributed by atoms with Gasteiger partial charge in [0, 0.05) is 26.7 Å². The van der Waals surface area contributed by atoms with E-state index in [0.717, 1.165) is 19.0 Å². The van der Waals surface area contributed by atoms with Crippen LogP contribution in [0.15, 0.2) is 4.99 Å². The fraction of sp³-hybridized carbons (Fsp3) is 0.867. The van der Waals surface area contributed by atoms with Crippen LogP contribution < -0.4 is 5.32 Å². The number of nitrogens with zero attached hydrogens (tertiary/aromatic N) is 2. The van der Waals surface area contributed by atoms with Crippen LogP contribution in [-0.4, -0.2) is 50.6 Å². The van der Waals surface area contributed by atoms with E-state index in [9.17, 15) is 4.79 Å². The minimum Gasteiger partial charge on any atom is -0.469 e. The molecule has 0 aromatic rings. The average molecular weight is 281 g/mol. The molecule has 0 aromatic heterocycles. The topological polar surface area (TPSA) is 53.9 Å². The average Bonchev–Trinajstić information content (AvgIpc) is 3.09. The van der Waals surface area contributed by atoms with E-state index in [1.165, 1.54) is 39.2 Å². The zero-order valence-electron chi connectivity index (χ0n) is 12.9. The van der Waals surface area contributed by atoms with Crippen molar-refractivity contribution in [3.8, 4) is 0 Å². The van der Waals surface area contributed by atoms with Gasteiger partial charge in [-0.05, 0) is 24.7 Å². The normalized spacial score (nSPS) is 23.1. The molecule has 0 radical (unpaired) electrons. The highest BCUT2D eigenvalue weighted by atomic mass is 16.5. The molecule has 1 spiro atoms. The van der Waals surface area contributed by atoms with E-state index >= 15 is 0 Å². The molecule has 2 aliphatic rings. The van der Waals surface area contributed by atoms with Crippen molar-refractivity contribution in [1.82, 2.24) is 10.2 Å². The maximum atomic E-state index is 11.4. The number of aliphatic imine (C=N–C) groups is 1. The van der Waals surface area contributed by atoms with Crippen LogP contribution in [0.1, 0.15) is 39.0 Å². The van der Waals surface area contributed by atoms with E-state index in [-0.39, 0.29) is 11.9 Å². The molecular formula is C15H27N3O2. The Balaban J connectivity index is 1.85. The number of carbonyl (C=O) groups is 1. The number of ether oxygens (including phenoxy) is 1. The number of nitrogens with one attached hydrogen (secondary N) is 1. The Morgan fingerprint density at radius 3 is 2.70 bits per heavy atom. The first-order chi connectivity index (χ1) is 9.60. The fourth-order valence-corrected chi connectivity index (χ4v) is 3.51. The second-order valence-electron chi connectivity index (χ2n) is 6.23. The van der Waals surface area contributed by atoms with Crippen LogP contribution in [0.5, 0.6) is 0 Å². The first-order valence-electron chi connectivity index (χ1n) is 7.64. The summed E-state index contributed by atoms with van der Waals surface area (Å²) in [6.45, 7) is 4.63. The van der Waals surface area contributed by atoms with Gasteiger partial charge in [-0.1, -0.05) is 19.8 Å². The Morgan fingerprint density at radius 2 is 2.10 bits per heavy atom. The summed E-state index contributed by atoms with van der Waals surface area (Å²) < 4.78 is 4.75. The van der Waals surface area contributed by atoms with Crippen LogP contribution in [0.2, 0.25) is 0 Å². The van der Waals surface area contributed by atoms with Crippen LogP contribution in [-0.2, 0) is 9.53 Å². The molecule has 0 amide bonds. The summed E-state index contributed by atoms with van der Waals surface area (Å²) in [6.07, 6.45) is 6.75. The summed E-state index contributed by atoms with van der Waals surface area (Å²) >= 11 is 0. The maximum Gasteiger partial charge on any atom is 0.310 e. The van der Waals surface area contributed by atoms with Gasteiger partial charge in [0.15, 0.2) is 5.96 Å². The van der Waals surface area contributed by atoms with E-state index in [1.54, 1.807) is 0 Å². The Kier molecular flexibility index (Phi) is 4.89. The summed E-state index contributed by atoms with van der Waals surface area (Å²) in [7, 11) is 3.24. The minimum atomic E-state index is -0.179. The molecule has 1 unspecified atom stereocenters. The Morgan fingerprint density at radius 1 is 1.40 bits per heavy atom. The van der Waals surface area contributed by atoms with E-state index in [0.29, 0.717) is 12.0 Å². The van der Waals surface area contributed by atoms with Gasteiger partial charge in [-0.25, -0.2) is 0 Å². The summed E-state index contributed by atoms with van der Waals surface area (Å²) in [5.74, 6) is 0.589. The van der Waals surface area contributed by atoms with Crippen LogP contribution >= 0.6 is 0 Å². The molecule has 0 aromatic carbocycles. The standard InChI is InChI=1S/C15H27N3O2/c1-12(13(19)20-3)10-17-14(16-2)18-9-8-15(11-18)6-4-5-7-15/h12H,4-11H2,1-3H3,(H,16,17). The quantitative estimate of drug-likeness (QED) is 0.485. The number of hydrogen-bond acceptors (Lipinski definition) is 3. The number of hydrogen-bond donors (Lipinski definition) is 1. The molecule has 1 saturated heterocycles. The molecule has 20 heavy (non-hydrogen) atoms. The lowest BCUT2D eigenvalue weighted by atomic mass is 9.86. The molecule has 114 valence electrons. The van der Waals surface area contributed by atoms with Crippen molar-refractivity contribution in [3.63, 3.8) is 0 Å². The third-order valence-corrected chi connectivity index (χ3v) is 4.78. The summed E-state index contributed by atoms with van der Waals surface area (Å²) in [6, 6.07) is 0. The molecule has 0 bridgehead atoms. The predicted octanol–water partition coefficient (Wildman–Crippen LogP) is 1.64. The molecule has 5 nitrogen and oxygen atoms in total. The third-order valence-electron chi connectivity index (χ3n) is 4.78. The molecule has 5 heteroatoms. The molecule has 2 rings (SSSR count). The molecule has 1 aliphatic heterocycles. The highest BCUT2D eigenvalue weighted by molar-refractivity contribution is 5.81. The Labute approximate surface area is 121 Å². The number of methoxy groups -OCH3 is 1. The molecular weight excluding hydrogens is 254 g/mol. The van der Waals surface area contributed by atoms with Gasteiger partial charge in [-0.2, -0.15) is 0 Å². The maximum absolute atomic E-state index is 11.4. The van der Waals surface area contributed by atoms with Crippen molar-refractivity contribution in [2.45, 2.75) is 39.0 Å². The van der Waals surface area contributed by atoms with Gasteiger partial charge in [0.1, 0.15) is 0 Å². The van der Waals surface area contributed by atoms with E-state index < -0.39 is 0 Å². The van der Waals surface area contributed by atoms with Crippen molar-refractivity contribution in [2.75, 3.05) is 33.8 Å². The summed E-state index contributed by atoms with van der Waals surface area (Å²) in [4.78, 5) is 18.1. The van der Waals surface area contributed by atoms with Crippen LogP contribution in [0.3, 0.4) is 0 Å². The van der Waals surface area contributed by atoms with Crippen molar-refractivity contribution in [1.29, 1.82) is 0 Å². The van der Waals surface area contributed by atoms with Gasteiger partial charge in [0.2, 0.25) is 0 Å². The van der Waals surface area contributed by atoms with E-state index in [2.05, 4.69) is 15.2 Å². The lowest BCUT2D eigenvalue weighted by Gasteiger charge is -2.26. The Hall–Kier alpha value is -1.26. The highest BCUT2D eigenvalue weighted by Crippen LogP contribution is 2.45. The summed E-state index contributed by atoms with van der Waals surface area (Å²) in [5, 5.41) is 3.31. The minimum absolute atomic E-state index is 0.153. The zero-order chi connectivity index (χ0) is 14.6. The van der Waals surface area contributed by atoms with Gasteiger partial charge in [0.05, 0.1) is 13.0 Å². The predicted molar refractivity (Wildman–Crippen MR) is 79.6 cm³/mol. The molecule has 2 fully saturated rings. The largest absolute Gasteiger partial charge is 0.469 e. The molecule has 1 saturated carbocycles. The number of likely N-dealkylation sites (tertiary alicyclic amines) is 1. The lowest BCUT2D eigenvalue weighted by molar-refractivity contribution is -0.144. The second-order valence-corrected chi connectivity index (χ2v) is 6.23. The van der Waals surface area contributed by atoms with Gasteiger partial charge in [0.25, 0.3) is 0 Å². The fourth-order valence-electron chi connectivity index (χ4n) is 3.51. The van der Waals surface area contributed by atoms with Crippen molar-refractivity contribution >= 4 is 11.9 Å². The van der Waals surface area contributed by atoms with Gasteiger partial charge >= 0.3 is 5.97 Å². The van der Waals surface area contributed by atoms with Crippen LogP contribution in [0.4, 0.5) is 0 Å². The summed E-state index contributed by atoms with van der Waals surface area (Å²) in [5.41, 5.74) is 0.533. The third kappa shape index (κ3) is 3.25. The number of carbonyl (C=O) groups excluding carboxylic acids is 1. The van der Waals surface area contributed by atoms with Crippen LogP contribution in [0, 0.1) is 11.3 Å². The monoisotopic (exact) mass is 281 g/mol. The van der Waals surface area contributed by atoms with Crippen molar-refractivity contribution in [2.24, 2.45) is 16.3 Å². The Bertz CT molecular complexity index is 375. The van der Waals surface area contributed by atoms with E-state index in [1.807, 2.05) is 14.0 Å². The van der Waals surface area contributed by atoms with Gasteiger partial charge < -0.3 is 15.0 Å².